The largest absolute Gasteiger partial charge is 0.455 e. The molecule has 2 heterocycles. The van der Waals surface area contributed by atoms with E-state index in [1.54, 1.807) is 4.90 Å². The second kappa shape index (κ2) is 7.75. The van der Waals surface area contributed by atoms with Crippen molar-refractivity contribution >= 4 is 45.0 Å². The summed E-state index contributed by atoms with van der Waals surface area (Å²) in [5, 5.41) is 1.76. The summed E-state index contributed by atoms with van der Waals surface area (Å²) in [5.74, 6) is -1.12. The second-order valence-electron chi connectivity index (χ2n) is 11.5. The molecule has 0 fully saturated rings. The number of furan rings is 1. The molecule has 200 valence electrons. The lowest BCUT2D eigenvalue weighted by molar-refractivity contribution is -0.113. The van der Waals surface area contributed by atoms with Crippen LogP contribution < -0.4 is 4.90 Å². The monoisotopic (exact) mass is 551 g/mol. The van der Waals surface area contributed by atoms with Crippen LogP contribution in [0.2, 0.25) is 0 Å². The zero-order chi connectivity index (χ0) is 28.4. The molecular weight excluding hydrogens is 530 g/mol. The van der Waals surface area contributed by atoms with Gasteiger partial charge in [0.05, 0.1) is 16.7 Å². The fourth-order valence-electron chi connectivity index (χ4n) is 7.98. The minimum absolute atomic E-state index is 0.328. The Hall–Kier alpha value is -5.74. The number of rotatable bonds is 1. The van der Waals surface area contributed by atoms with Crippen molar-refractivity contribution in [3.63, 3.8) is 0 Å². The number of amides is 1. The molecular formula is C39H21NO3. The molecule has 1 amide bonds. The van der Waals surface area contributed by atoms with Crippen molar-refractivity contribution in [3.8, 4) is 22.3 Å². The lowest BCUT2D eigenvalue weighted by Crippen LogP contribution is -2.27. The van der Waals surface area contributed by atoms with E-state index in [1.807, 2.05) is 42.5 Å². The fraction of sp³-hybridized carbons (Fsp3) is 0.0256. The van der Waals surface area contributed by atoms with Crippen molar-refractivity contribution < 1.29 is 14.0 Å². The molecule has 7 aromatic rings. The summed E-state index contributed by atoms with van der Waals surface area (Å²) >= 11 is 0. The molecule has 0 bridgehead atoms. The number of hydrogen-bond donors (Lipinski definition) is 0. The van der Waals surface area contributed by atoms with Gasteiger partial charge in [-0.15, -0.1) is 0 Å². The van der Waals surface area contributed by atoms with Gasteiger partial charge in [0.25, 0.3) is 5.78 Å². The first-order chi connectivity index (χ1) is 21.2. The van der Waals surface area contributed by atoms with Crippen molar-refractivity contribution in [2.45, 2.75) is 5.41 Å². The fourth-order valence-corrected chi connectivity index (χ4v) is 7.98. The smallest absolute Gasteiger partial charge is 0.304 e. The summed E-state index contributed by atoms with van der Waals surface area (Å²) in [5.41, 5.74) is 11.7. The van der Waals surface area contributed by atoms with Crippen LogP contribution in [0.4, 0.5) is 11.4 Å². The first-order valence-corrected chi connectivity index (χ1v) is 14.4. The predicted octanol–water partition coefficient (Wildman–Crippen LogP) is 8.79. The van der Waals surface area contributed by atoms with Crippen LogP contribution in [-0.4, -0.2) is 11.7 Å². The maximum atomic E-state index is 13.8. The number of nitrogens with zero attached hydrogens (tertiary/aromatic N) is 1. The number of hydrogen-bond acceptors (Lipinski definition) is 3. The number of Topliss-reactive ketones (excluding diaryl/α,β-unsaturated/α-hetero) is 1. The zero-order valence-corrected chi connectivity index (χ0v) is 22.8. The van der Waals surface area contributed by atoms with Gasteiger partial charge >= 0.3 is 5.91 Å². The summed E-state index contributed by atoms with van der Waals surface area (Å²) in [6.07, 6.45) is 0. The van der Waals surface area contributed by atoms with Gasteiger partial charge in [0, 0.05) is 16.5 Å². The molecule has 0 radical (unpaired) electrons. The summed E-state index contributed by atoms with van der Waals surface area (Å²) < 4.78 is 6.17. The van der Waals surface area contributed by atoms with Gasteiger partial charge in [-0.25, -0.2) is 0 Å². The van der Waals surface area contributed by atoms with Gasteiger partial charge in [0.15, 0.2) is 0 Å². The van der Waals surface area contributed by atoms with Crippen molar-refractivity contribution in [1.82, 2.24) is 0 Å². The van der Waals surface area contributed by atoms with E-state index in [-0.39, 0.29) is 0 Å². The van der Waals surface area contributed by atoms with Crippen molar-refractivity contribution in [2.24, 2.45) is 0 Å². The van der Waals surface area contributed by atoms with Gasteiger partial charge < -0.3 is 4.42 Å². The molecule has 4 heteroatoms. The van der Waals surface area contributed by atoms with Gasteiger partial charge in [-0.2, -0.15) is 0 Å². The average Bonchev–Trinajstić information content (AvgIpc) is 3.74. The standard InChI is InChI=1S/C39H21NO3/c41-36-35-33(20-19-28-27-12-4-8-16-34(27)43-37(28)35)40(38(36)42)22-17-18-26-25-11-3-7-15-31(25)39(32(26)21-22)29-13-5-1-9-23(29)24-10-2-6-14-30(24)39/h1-21H. The number of ketones is 1. The highest BCUT2D eigenvalue weighted by Gasteiger charge is 2.52. The molecule has 0 unspecified atom stereocenters. The Kier molecular flexibility index (Phi) is 4.13. The minimum atomic E-state index is -0.570. The van der Waals surface area contributed by atoms with Gasteiger partial charge in [-0.3, -0.25) is 14.5 Å². The van der Waals surface area contributed by atoms with E-state index in [2.05, 4.69) is 84.9 Å². The molecule has 43 heavy (non-hydrogen) atoms. The van der Waals surface area contributed by atoms with Gasteiger partial charge in [0.1, 0.15) is 11.2 Å². The summed E-state index contributed by atoms with van der Waals surface area (Å²) in [7, 11) is 0. The molecule has 0 atom stereocenters. The maximum Gasteiger partial charge on any atom is 0.304 e. The van der Waals surface area contributed by atoms with E-state index in [0.717, 1.165) is 21.9 Å². The Labute approximate surface area is 246 Å². The quantitative estimate of drug-likeness (QED) is 0.192. The predicted molar refractivity (Wildman–Crippen MR) is 168 cm³/mol. The van der Waals surface area contributed by atoms with E-state index in [4.69, 9.17) is 4.42 Å². The lowest BCUT2D eigenvalue weighted by atomic mass is 9.70. The molecule has 6 aromatic carbocycles. The van der Waals surface area contributed by atoms with Gasteiger partial charge in [0.2, 0.25) is 0 Å². The number of benzene rings is 6. The van der Waals surface area contributed by atoms with E-state index >= 15 is 0 Å². The Morgan fingerprint density at radius 2 is 1.12 bits per heavy atom. The highest BCUT2D eigenvalue weighted by molar-refractivity contribution is 6.55. The molecule has 2 aliphatic carbocycles. The van der Waals surface area contributed by atoms with Crippen LogP contribution in [0.1, 0.15) is 32.6 Å². The second-order valence-corrected chi connectivity index (χ2v) is 11.5. The summed E-state index contributed by atoms with van der Waals surface area (Å²) in [4.78, 5) is 29.0. The highest BCUT2D eigenvalue weighted by Crippen LogP contribution is 2.63. The molecule has 0 saturated carbocycles. The average molecular weight is 552 g/mol. The van der Waals surface area contributed by atoms with Crippen LogP contribution in [0.15, 0.2) is 132 Å². The Morgan fingerprint density at radius 1 is 0.535 bits per heavy atom. The van der Waals surface area contributed by atoms with Crippen molar-refractivity contribution in [2.75, 3.05) is 4.90 Å². The Balaban J connectivity index is 1.25. The molecule has 0 N–H and O–H groups in total. The topological polar surface area (TPSA) is 50.5 Å². The van der Waals surface area contributed by atoms with Crippen LogP contribution >= 0.6 is 0 Å². The Bertz CT molecular complexity index is 2350. The number of para-hydroxylation sites is 1. The molecule has 0 saturated heterocycles. The van der Waals surface area contributed by atoms with Gasteiger partial charge in [-0.05, 0) is 74.8 Å². The van der Waals surface area contributed by atoms with E-state index < -0.39 is 17.1 Å². The van der Waals surface area contributed by atoms with Crippen LogP contribution in [0, 0.1) is 0 Å². The molecule has 1 aromatic heterocycles. The molecule has 1 spiro atoms. The molecule has 1 aliphatic heterocycles. The third-order valence-electron chi connectivity index (χ3n) is 9.63. The van der Waals surface area contributed by atoms with Gasteiger partial charge in [-0.1, -0.05) is 97.1 Å². The number of carbonyl (C=O) groups excluding carboxylic acids is 2. The normalized spacial score (nSPS) is 15.2. The number of anilines is 2. The number of fused-ring (bicyclic) bond motifs is 15. The Morgan fingerprint density at radius 3 is 1.79 bits per heavy atom. The molecule has 3 aliphatic rings. The van der Waals surface area contributed by atoms with Crippen LogP contribution in [0.3, 0.4) is 0 Å². The van der Waals surface area contributed by atoms with Crippen molar-refractivity contribution in [3.05, 3.63) is 155 Å². The van der Waals surface area contributed by atoms with Crippen LogP contribution in [0.25, 0.3) is 44.2 Å². The first-order valence-electron chi connectivity index (χ1n) is 14.4. The van der Waals surface area contributed by atoms with Crippen molar-refractivity contribution in [1.29, 1.82) is 0 Å². The van der Waals surface area contributed by atoms with E-state index in [9.17, 15) is 9.59 Å². The molecule has 4 nitrogen and oxygen atoms in total. The zero-order valence-electron chi connectivity index (χ0n) is 22.8. The SMILES string of the molecule is O=C1C(=O)N(c2ccc3c(c2)C2(c4ccccc4-c4ccccc42)c2ccccc2-3)c2ccc3c(oc4ccccc43)c21. The maximum absolute atomic E-state index is 13.8. The van der Waals surface area contributed by atoms with E-state index in [1.165, 1.54) is 33.4 Å². The first kappa shape index (κ1) is 22.9. The summed E-state index contributed by atoms with van der Waals surface area (Å²) in [6, 6.07) is 43.6. The third kappa shape index (κ3) is 2.59. The van der Waals surface area contributed by atoms with E-state index in [0.29, 0.717) is 28.1 Å². The third-order valence-corrected chi connectivity index (χ3v) is 9.63. The minimum Gasteiger partial charge on any atom is -0.455 e. The van der Waals surface area contributed by atoms with Crippen LogP contribution in [-0.2, 0) is 10.2 Å². The summed E-state index contributed by atoms with van der Waals surface area (Å²) in [6.45, 7) is 0. The van der Waals surface area contributed by atoms with Crippen LogP contribution in [0.5, 0.6) is 0 Å². The molecule has 10 rings (SSSR count). The number of carbonyl (C=O) groups is 2. The lowest BCUT2D eigenvalue weighted by Gasteiger charge is -2.31. The highest BCUT2D eigenvalue weighted by atomic mass is 16.3.